The van der Waals surface area contributed by atoms with Crippen LogP contribution in [0.15, 0.2) is 83.2 Å². The molecule has 0 atom stereocenters. The number of aryl methyl sites for hydroxylation is 1. The van der Waals surface area contributed by atoms with Crippen LogP contribution in [0.3, 0.4) is 0 Å². The van der Waals surface area contributed by atoms with E-state index in [0.29, 0.717) is 5.70 Å². The highest BCUT2D eigenvalue weighted by molar-refractivity contribution is 5.83. The maximum absolute atomic E-state index is 4.61. The summed E-state index contributed by atoms with van der Waals surface area (Å²) in [6, 6.07) is 4.19. The molecule has 1 rings (SSSR count). The van der Waals surface area contributed by atoms with Gasteiger partial charge in [-0.15, -0.1) is 0 Å². The first-order valence-corrected chi connectivity index (χ1v) is 12.0. The van der Waals surface area contributed by atoms with Crippen LogP contribution in [0, 0.1) is 18.8 Å². The standard InChI is InChI=1S/C30H40N4/c1-9-14-17-28(18-15-10-2)34-25(8)32-22-26(13-5)24(7)33-29-20-19-27(16-11-3)30(23(29)6)31-21-12-4/h12-13,17,19-22,33H,4-5,7,9-11,14,16H2,1-3,6,8H3,(H,32,34)/b26-22-,28-17+,31-21?. The summed E-state index contributed by atoms with van der Waals surface area (Å²) in [4.78, 5) is 9.17. The zero-order valence-corrected chi connectivity index (χ0v) is 21.6. The van der Waals surface area contributed by atoms with Crippen LogP contribution in [0.25, 0.3) is 0 Å². The van der Waals surface area contributed by atoms with E-state index in [2.05, 4.69) is 91.2 Å². The summed E-state index contributed by atoms with van der Waals surface area (Å²) in [5.74, 6) is 7.03. The average Bonchev–Trinajstić information content (AvgIpc) is 2.82. The molecule has 0 radical (unpaired) electrons. The molecular formula is C30H40N4. The van der Waals surface area contributed by atoms with Gasteiger partial charge in [-0.05, 0) is 49.8 Å². The van der Waals surface area contributed by atoms with Crippen molar-refractivity contribution in [3.8, 4) is 11.8 Å². The fourth-order valence-electron chi connectivity index (χ4n) is 3.16. The second-order valence-corrected chi connectivity index (χ2v) is 7.80. The molecule has 0 aliphatic rings. The predicted molar refractivity (Wildman–Crippen MR) is 152 cm³/mol. The normalized spacial score (nSPS) is 12.2. The van der Waals surface area contributed by atoms with Gasteiger partial charge in [-0.2, -0.15) is 0 Å². The van der Waals surface area contributed by atoms with Crippen LogP contribution in [0.2, 0.25) is 0 Å². The third-order valence-electron chi connectivity index (χ3n) is 4.95. The SMILES string of the molecule is C=CC=Nc1c(CCC)ccc(NC(=C)/C(C=C)=C\N=C(C)N/C(C#CCC)=C/CCC)c1C. The smallest absolute Gasteiger partial charge is 0.103 e. The van der Waals surface area contributed by atoms with Crippen LogP contribution in [0.5, 0.6) is 0 Å². The van der Waals surface area contributed by atoms with Gasteiger partial charge in [0.15, 0.2) is 0 Å². The van der Waals surface area contributed by atoms with E-state index in [1.807, 2.05) is 13.8 Å². The summed E-state index contributed by atoms with van der Waals surface area (Å²) < 4.78 is 0. The summed E-state index contributed by atoms with van der Waals surface area (Å²) in [5, 5.41) is 6.70. The Kier molecular flexibility index (Phi) is 13.5. The Bertz CT molecular complexity index is 1040. The lowest BCUT2D eigenvalue weighted by molar-refractivity contribution is 0.920. The second kappa shape index (κ2) is 16.1. The van der Waals surface area contributed by atoms with Gasteiger partial charge in [0.25, 0.3) is 0 Å². The van der Waals surface area contributed by atoms with Crippen LogP contribution in [-0.2, 0) is 6.42 Å². The van der Waals surface area contributed by atoms with E-state index in [9.17, 15) is 0 Å². The van der Waals surface area contributed by atoms with Gasteiger partial charge in [0.05, 0.1) is 11.4 Å². The molecule has 0 aliphatic heterocycles. The van der Waals surface area contributed by atoms with Gasteiger partial charge in [0, 0.05) is 35.8 Å². The fraction of sp³-hybridized carbons (Fsp3) is 0.333. The first-order chi connectivity index (χ1) is 16.4. The highest BCUT2D eigenvalue weighted by Gasteiger charge is 2.10. The lowest BCUT2D eigenvalue weighted by Gasteiger charge is -2.16. The van der Waals surface area contributed by atoms with E-state index >= 15 is 0 Å². The van der Waals surface area contributed by atoms with E-state index < -0.39 is 0 Å². The van der Waals surface area contributed by atoms with E-state index in [1.54, 1.807) is 24.6 Å². The minimum absolute atomic E-state index is 0.712. The van der Waals surface area contributed by atoms with Crippen LogP contribution in [-0.4, -0.2) is 12.1 Å². The molecule has 4 heteroatoms. The molecule has 0 saturated heterocycles. The van der Waals surface area contributed by atoms with Crippen LogP contribution in [0.4, 0.5) is 11.4 Å². The highest BCUT2D eigenvalue weighted by atomic mass is 15.0. The average molecular weight is 457 g/mol. The Hall–Kier alpha value is -3.58. The van der Waals surface area contributed by atoms with Gasteiger partial charge < -0.3 is 10.6 Å². The molecule has 2 N–H and O–H groups in total. The van der Waals surface area contributed by atoms with Gasteiger partial charge in [-0.1, -0.05) is 83.6 Å². The van der Waals surface area contributed by atoms with Crippen molar-refractivity contribution < 1.29 is 0 Å². The molecule has 0 fully saturated rings. The fourth-order valence-corrected chi connectivity index (χ4v) is 3.16. The number of amidine groups is 1. The van der Waals surface area contributed by atoms with Crippen molar-refractivity contribution in [2.75, 3.05) is 5.32 Å². The van der Waals surface area contributed by atoms with Crippen molar-refractivity contribution >= 4 is 23.4 Å². The molecule has 0 spiro atoms. The molecule has 0 unspecified atom stereocenters. The summed E-state index contributed by atoms with van der Waals surface area (Å²) >= 11 is 0. The molecule has 1 aromatic rings. The van der Waals surface area contributed by atoms with E-state index in [4.69, 9.17) is 0 Å². The van der Waals surface area contributed by atoms with Crippen molar-refractivity contribution in [3.63, 3.8) is 0 Å². The third-order valence-corrected chi connectivity index (χ3v) is 4.95. The first kappa shape index (κ1) is 28.5. The monoisotopic (exact) mass is 456 g/mol. The lowest BCUT2D eigenvalue weighted by atomic mass is 10.0. The van der Waals surface area contributed by atoms with Crippen LogP contribution >= 0.6 is 0 Å². The number of rotatable bonds is 12. The molecule has 180 valence electrons. The second-order valence-electron chi connectivity index (χ2n) is 7.80. The first-order valence-electron chi connectivity index (χ1n) is 12.0. The molecule has 0 saturated carbocycles. The third kappa shape index (κ3) is 9.50. The number of allylic oxidation sites excluding steroid dienone is 4. The Morgan fingerprint density at radius 3 is 2.53 bits per heavy atom. The quantitative estimate of drug-likeness (QED) is 0.145. The maximum Gasteiger partial charge on any atom is 0.103 e. The van der Waals surface area contributed by atoms with Gasteiger partial charge in [-0.25, -0.2) is 4.99 Å². The van der Waals surface area contributed by atoms with Gasteiger partial charge in [0.1, 0.15) is 5.84 Å². The molecular weight excluding hydrogens is 416 g/mol. The molecule has 0 amide bonds. The number of benzene rings is 1. The molecule has 0 heterocycles. The topological polar surface area (TPSA) is 48.8 Å². The Labute approximate surface area is 207 Å². The minimum atomic E-state index is 0.712. The van der Waals surface area contributed by atoms with Crippen molar-refractivity contribution in [2.24, 2.45) is 9.98 Å². The summed E-state index contributed by atoms with van der Waals surface area (Å²) in [5.41, 5.74) is 6.60. The number of hydrogen-bond donors (Lipinski definition) is 2. The number of nitrogens with zero attached hydrogens (tertiary/aromatic N) is 2. The Morgan fingerprint density at radius 2 is 1.91 bits per heavy atom. The number of aliphatic imine (C=N–C) groups is 2. The van der Waals surface area contributed by atoms with E-state index in [0.717, 1.165) is 66.1 Å². The van der Waals surface area contributed by atoms with E-state index in [1.165, 1.54) is 5.56 Å². The van der Waals surface area contributed by atoms with Crippen molar-refractivity contribution in [1.82, 2.24) is 5.32 Å². The van der Waals surface area contributed by atoms with Crippen molar-refractivity contribution in [2.45, 2.75) is 66.7 Å². The zero-order chi connectivity index (χ0) is 25.3. The van der Waals surface area contributed by atoms with Crippen molar-refractivity contribution in [3.05, 3.63) is 84.4 Å². The van der Waals surface area contributed by atoms with Gasteiger partial charge in [-0.3, -0.25) is 4.99 Å². The van der Waals surface area contributed by atoms with Gasteiger partial charge in [0.2, 0.25) is 0 Å². The molecule has 34 heavy (non-hydrogen) atoms. The molecule has 1 aromatic carbocycles. The van der Waals surface area contributed by atoms with Crippen LogP contribution < -0.4 is 10.6 Å². The van der Waals surface area contributed by atoms with Crippen molar-refractivity contribution in [1.29, 1.82) is 0 Å². The molecule has 0 aromatic heterocycles. The summed E-state index contributed by atoms with van der Waals surface area (Å²) in [7, 11) is 0. The number of hydrogen-bond acceptors (Lipinski definition) is 3. The van der Waals surface area contributed by atoms with Crippen LogP contribution in [0.1, 0.15) is 64.5 Å². The summed E-state index contributed by atoms with van der Waals surface area (Å²) in [6.07, 6.45) is 13.9. The molecule has 0 aliphatic carbocycles. The highest BCUT2D eigenvalue weighted by Crippen LogP contribution is 2.32. The lowest BCUT2D eigenvalue weighted by Crippen LogP contribution is -2.18. The number of unbranched alkanes of at least 4 members (excludes halogenated alkanes) is 1. The maximum atomic E-state index is 4.61. The predicted octanol–water partition coefficient (Wildman–Crippen LogP) is 7.94. The number of anilines is 1. The summed E-state index contributed by atoms with van der Waals surface area (Å²) in [6.45, 7) is 22.2. The Balaban J connectivity index is 3.12. The van der Waals surface area contributed by atoms with Gasteiger partial charge >= 0.3 is 0 Å². The number of nitrogens with one attached hydrogen (secondary N) is 2. The van der Waals surface area contributed by atoms with E-state index in [-0.39, 0.29) is 0 Å². The molecule has 4 nitrogen and oxygen atoms in total. The molecule has 0 bridgehead atoms. The largest absolute Gasteiger partial charge is 0.355 e. The minimum Gasteiger partial charge on any atom is -0.355 e. The zero-order valence-electron chi connectivity index (χ0n) is 21.6. The Morgan fingerprint density at radius 1 is 1.15 bits per heavy atom.